The maximum Gasteiger partial charge on any atom is -0.0384 e. The van der Waals surface area contributed by atoms with Crippen LogP contribution in [0.1, 0.15) is 32.3 Å². The molecule has 5 N–H and O–H groups in total. The zero-order valence-electron chi connectivity index (χ0n) is 20.0. The van der Waals surface area contributed by atoms with Crippen LogP contribution in [0.2, 0.25) is 0 Å². The van der Waals surface area contributed by atoms with Gasteiger partial charge in [0, 0.05) is 11.3 Å². The molecule has 0 saturated heterocycles. The summed E-state index contributed by atoms with van der Waals surface area (Å²) in [6.45, 7) is 0.586. The number of nitrogens with zero attached hydrogens (tertiary/aromatic N) is 1. The van der Waals surface area contributed by atoms with Crippen LogP contribution in [-0.2, 0) is 0 Å². The van der Waals surface area contributed by atoms with E-state index in [2.05, 4.69) is 28.9 Å². The Morgan fingerprint density at radius 1 is 1.05 bits per heavy atom. The number of benzene rings is 4. The molecule has 2 heterocycles. The third-order valence-corrected chi connectivity index (χ3v) is 10.5. The van der Waals surface area contributed by atoms with Gasteiger partial charge in [-0.25, -0.2) is 0 Å². The van der Waals surface area contributed by atoms with Crippen LogP contribution >= 0.6 is 18.6 Å². The van der Waals surface area contributed by atoms with E-state index < -0.39 is 0 Å². The fraction of sp³-hybridized carbons (Fsp3) is 0.103. The minimum atomic E-state index is -0.235. The maximum absolute atomic E-state index is 13.8. The predicted molar refractivity (Wildman–Crippen MR) is 156 cm³/mol. The number of aromatic hydroxyl groups is 1. The molecule has 9 heteroatoms. The van der Waals surface area contributed by atoms with Crippen molar-refractivity contribution in [2.75, 3.05) is 26.9 Å². The summed E-state index contributed by atoms with van der Waals surface area (Å²) >= 11 is 2.47. The first-order chi connectivity index (χ1) is 18.4. The molecule has 1 aliphatic heterocycles. The van der Waals surface area contributed by atoms with Gasteiger partial charge in [-0.1, -0.05) is 0 Å². The molecule has 6 rings (SSSR count). The number of fused-ring (bicyclic) bond motifs is 4. The van der Waals surface area contributed by atoms with E-state index in [1.165, 1.54) is 0 Å². The Morgan fingerprint density at radius 3 is 2.58 bits per heavy atom. The van der Waals surface area contributed by atoms with Gasteiger partial charge in [0.15, 0.2) is 0 Å². The van der Waals surface area contributed by atoms with E-state index >= 15 is 0 Å². The van der Waals surface area contributed by atoms with Gasteiger partial charge in [-0.15, -0.1) is 0 Å². The summed E-state index contributed by atoms with van der Waals surface area (Å²) in [5.41, 5.74) is 10.6. The van der Waals surface area contributed by atoms with Gasteiger partial charge in [0.05, 0.1) is 0 Å². The first kappa shape index (κ1) is 25.0. The smallest absolute Gasteiger partial charge is 0.0384 e. The normalized spacial score (nSPS) is 14.8. The number of hydrogen-bond donors (Lipinski definition) is 4. The molecule has 0 fully saturated rings. The molecule has 0 unspecified atom stereocenters. The molecular formula is C29H23I2N4O3-. The second-order valence-electron chi connectivity index (χ2n) is 9.30. The van der Waals surface area contributed by atoms with Crippen LogP contribution in [0.3, 0.4) is 0 Å². The predicted octanol–water partition coefficient (Wildman–Crippen LogP) is 3.04. The molecule has 7 nitrogen and oxygen atoms in total. The number of nitrogen functional groups attached to an aromatic ring is 1. The Labute approximate surface area is 238 Å². The molecule has 192 valence electrons. The van der Waals surface area contributed by atoms with E-state index in [4.69, 9.17) is 5.73 Å². The summed E-state index contributed by atoms with van der Waals surface area (Å²) in [5.74, 6) is 0.0449. The SMILES string of the molecule is Nc1ccc(C(=O)Nc2ccc3[nH]c(C(=O)N4C[C@@H](C[I-]I)c5c4cc(O)c4ccccc54)cc3c2)cc1. The second-order valence-corrected chi connectivity index (χ2v) is 14.6. The number of nitrogens with two attached hydrogens (primary N) is 1. The summed E-state index contributed by atoms with van der Waals surface area (Å²) < 4.78 is 1.05. The molecule has 2 amide bonds. The standard InChI is InChI=1S/C29H23I2N4O3/c30-31-14-18-15-35(25-13-26(36)21-3-1-2-4-22(21)27(18)25)29(38)24-12-17-11-20(9-10-23(17)34-24)33-28(37)16-5-7-19(32)8-6-16/h1-13,18,34,36H,14-15,32H2,(H,33,37)/q-1/t18-/m1/s1. The van der Waals surface area contributed by atoms with Crippen LogP contribution in [-0.4, -0.2) is 32.9 Å². The molecule has 0 bridgehead atoms. The van der Waals surface area contributed by atoms with Gasteiger partial charge in [-0.05, 0) is 24.3 Å². The van der Waals surface area contributed by atoms with E-state index in [9.17, 15) is 14.7 Å². The number of nitrogens with one attached hydrogen (secondary N) is 2. The van der Waals surface area contributed by atoms with Gasteiger partial charge in [-0.2, -0.15) is 0 Å². The van der Waals surface area contributed by atoms with Crippen LogP contribution in [0.5, 0.6) is 5.75 Å². The third-order valence-electron chi connectivity index (χ3n) is 6.92. The number of alkyl halides is 1. The molecule has 1 aliphatic rings. The van der Waals surface area contributed by atoms with E-state index in [1.54, 1.807) is 41.3 Å². The van der Waals surface area contributed by atoms with Crippen molar-refractivity contribution >= 4 is 69.2 Å². The first-order valence-corrected chi connectivity index (χ1v) is 19.8. The molecule has 4 aromatic carbocycles. The molecule has 0 saturated carbocycles. The number of hydrogen-bond acceptors (Lipinski definition) is 4. The van der Waals surface area contributed by atoms with E-state index in [0.717, 1.165) is 37.4 Å². The number of amides is 2. The maximum atomic E-state index is 13.8. The fourth-order valence-corrected chi connectivity index (χ4v) is 8.94. The molecular weight excluding hydrogens is 706 g/mol. The van der Waals surface area contributed by atoms with Crippen molar-refractivity contribution in [1.29, 1.82) is 0 Å². The topological polar surface area (TPSA) is 111 Å². The van der Waals surface area contributed by atoms with Crippen LogP contribution in [0.15, 0.2) is 78.9 Å². The number of phenolic OH excluding ortho intramolecular Hbond substituents is 1. The van der Waals surface area contributed by atoms with Crippen molar-refractivity contribution in [1.82, 2.24) is 4.98 Å². The minimum absolute atomic E-state index is 0.0167. The van der Waals surface area contributed by atoms with Crippen molar-refractivity contribution in [2.24, 2.45) is 0 Å². The number of aromatic amines is 1. The summed E-state index contributed by atoms with van der Waals surface area (Å²) in [4.78, 5) is 31.5. The summed E-state index contributed by atoms with van der Waals surface area (Å²) in [6, 6.07) is 23.6. The number of phenols is 1. The van der Waals surface area contributed by atoms with Crippen LogP contribution < -0.4 is 33.2 Å². The molecule has 0 radical (unpaired) electrons. The van der Waals surface area contributed by atoms with Crippen molar-refractivity contribution in [3.63, 3.8) is 0 Å². The van der Waals surface area contributed by atoms with E-state index in [1.807, 2.05) is 42.5 Å². The Kier molecular flexibility index (Phi) is 6.64. The van der Waals surface area contributed by atoms with Gasteiger partial charge < -0.3 is 5.73 Å². The summed E-state index contributed by atoms with van der Waals surface area (Å²) in [7, 11) is 0. The van der Waals surface area contributed by atoms with Gasteiger partial charge in [0.1, 0.15) is 0 Å². The molecule has 1 aromatic heterocycles. The molecule has 38 heavy (non-hydrogen) atoms. The number of halogens is 2. The van der Waals surface area contributed by atoms with Gasteiger partial charge in [0.2, 0.25) is 0 Å². The number of carbonyl (C=O) groups is 2. The summed E-state index contributed by atoms with van der Waals surface area (Å²) in [5, 5.41) is 16.3. The van der Waals surface area contributed by atoms with Crippen molar-refractivity contribution in [2.45, 2.75) is 5.92 Å². The third kappa shape index (κ3) is 4.47. The van der Waals surface area contributed by atoms with E-state index in [0.29, 0.717) is 29.2 Å². The van der Waals surface area contributed by atoms with Crippen molar-refractivity contribution in [3.8, 4) is 5.75 Å². The Hall–Kier alpha value is -3.32. The molecule has 5 aromatic rings. The van der Waals surface area contributed by atoms with Crippen LogP contribution in [0, 0.1) is 0 Å². The number of rotatable bonds is 5. The number of carbonyl (C=O) groups excluding carboxylic acids is 2. The molecule has 0 spiro atoms. The van der Waals surface area contributed by atoms with Crippen LogP contribution in [0.25, 0.3) is 21.7 Å². The van der Waals surface area contributed by atoms with Crippen molar-refractivity contribution in [3.05, 3.63) is 95.7 Å². The summed E-state index contributed by atoms with van der Waals surface area (Å²) in [6.07, 6.45) is 0. The van der Waals surface area contributed by atoms with Gasteiger partial charge >= 0.3 is 194 Å². The number of aromatic nitrogens is 1. The Morgan fingerprint density at radius 2 is 1.82 bits per heavy atom. The zero-order chi connectivity index (χ0) is 26.4. The fourth-order valence-electron chi connectivity index (χ4n) is 5.12. The average molecular weight is 729 g/mol. The Balaban J connectivity index is 1.31. The Bertz CT molecular complexity index is 1720. The van der Waals surface area contributed by atoms with Gasteiger partial charge in [0.25, 0.3) is 0 Å². The second kappa shape index (κ2) is 10.1. The monoisotopic (exact) mass is 729 g/mol. The van der Waals surface area contributed by atoms with Crippen molar-refractivity contribution < 1.29 is 31.9 Å². The average Bonchev–Trinajstić information content (AvgIpc) is 3.50. The van der Waals surface area contributed by atoms with Gasteiger partial charge in [-0.3, -0.25) is 4.79 Å². The van der Waals surface area contributed by atoms with Crippen LogP contribution in [0.4, 0.5) is 17.1 Å². The minimum Gasteiger partial charge on any atom is -0.0474 e. The quantitative estimate of drug-likeness (QED) is 0.127. The number of H-pyrrole nitrogens is 1. The molecule has 1 atom stereocenters. The largest absolute Gasteiger partial charge is 0.0474 e. The zero-order valence-corrected chi connectivity index (χ0v) is 24.4. The first-order valence-electron chi connectivity index (χ1n) is 12.0. The molecule has 0 aliphatic carbocycles. The number of anilines is 3. The van der Waals surface area contributed by atoms with E-state index in [-0.39, 0.29) is 40.7 Å².